The van der Waals surface area contributed by atoms with Crippen molar-refractivity contribution in [2.75, 3.05) is 0 Å². The molecule has 27 heavy (non-hydrogen) atoms. The lowest BCUT2D eigenvalue weighted by Crippen LogP contribution is -2.11. The van der Waals surface area contributed by atoms with E-state index in [2.05, 4.69) is 15.5 Å². The van der Waals surface area contributed by atoms with Gasteiger partial charge in [-0.1, -0.05) is 48.5 Å². The summed E-state index contributed by atoms with van der Waals surface area (Å²) in [7, 11) is 0. The second-order valence-corrected chi connectivity index (χ2v) is 5.96. The first-order valence-electron chi connectivity index (χ1n) is 8.47. The summed E-state index contributed by atoms with van der Waals surface area (Å²) in [6, 6.07) is 24.5. The summed E-state index contributed by atoms with van der Waals surface area (Å²) in [5.74, 6) is 0.0862. The molecule has 0 saturated carbocycles. The largest absolute Gasteiger partial charge is 0.423 e. The summed E-state index contributed by atoms with van der Waals surface area (Å²) in [4.78, 5) is 12.7. The lowest BCUT2D eigenvalue weighted by molar-refractivity contribution is 0.0734. The Morgan fingerprint density at radius 3 is 2.37 bits per heavy atom. The van der Waals surface area contributed by atoms with Gasteiger partial charge in [-0.25, -0.2) is 9.48 Å². The van der Waals surface area contributed by atoms with Crippen molar-refractivity contribution < 1.29 is 9.53 Å². The van der Waals surface area contributed by atoms with Crippen LogP contribution in [0.5, 0.6) is 5.75 Å². The Kier molecular flexibility index (Phi) is 4.70. The molecule has 0 fully saturated rings. The van der Waals surface area contributed by atoms with Crippen LogP contribution in [0.25, 0.3) is 5.69 Å². The smallest absolute Gasteiger partial charge is 0.343 e. The predicted molar refractivity (Wildman–Crippen MR) is 99.8 cm³/mol. The van der Waals surface area contributed by atoms with Gasteiger partial charge in [-0.15, -0.1) is 5.10 Å². The molecule has 3 aromatic carbocycles. The second-order valence-electron chi connectivity index (χ2n) is 5.96. The molecule has 6 nitrogen and oxygen atoms in total. The van der Waals surface area contributed by atoms with E-state index in [-0.39, 0.29) is 5.97 Å². The van der Waals surface area contributed by atoms with Gasteiger partial charge in [-0.2, -0.15) is 0 Å². The minimum Gasteiger partial charge on any atom is -0.423 e. The Morgan fingerprint density at radius 2 is 1.63 bits per heavy atom. The summed E-state index contributed by atoms with van der Waals surface area (Å²) in [6.45, 7) is 0. The van der Waals surface area contributed by atoms with Crippen molar-refractivity contribution in [3.63, 3.8) is 0 Å². The fourth-order valence-electron chi connectivity index (χ4n) is 2.80. The van der Waals surface area contributed by atoms with Crippen molar-refractivity contribution in [3.05, 3.63) is 102 Å². The minimum absolute atomic E-state index is 0.378. The molecule has 0 aliphatic carbocycles. The van der Waals surface area contributed by atoms with Crippen molar-refractivity contribution >= 4 is 5.97 Å². The molecule has 1 heterocycles. The molecule has 1 aromatic heterocycles. The Hall–Kier alpha value is -3.80. The Balaban J connectivity index is 1.52. The standard InChI is InChI=1S/C21H16N4O2/c26-21(27-19-12-10-18(11-13-19)25-15-22-23-24-25)20-9-5-4-8-17(20)14-16-6-2-1-3-7-16/h1-13,15H,14H2. The zero-order chi connectivity index (χ0) is 18.5. The molecule has 0 N–H and O–H groups in total. The van der Waals surface area contributed by atoms with Gasteiger partial charge in [0.25, 0.3) is 0 Å². The van der Waals surface area contributed by atoms with Crippen LogP contribution in [0.4, 0.5) is 0 Å². The molecule has 0 spiro atoms. The third kappa shape index (κ3) is 3.90. The number of benzene rings is 3. The molecule has 4 rings (SSSR count). The molecule has 132 valence electrons. The molecule has 0 atom stereocenters. The van der Waals surface area contributed by atoms with Crippen LogP contribution in [0, 0.1) is 0 Å². The quantitative estimate of drug-likeness (QED) is 0.404. The van der Waals surface area contributed by atoms with Crippen LogP contribution in [-0.2, 0) is 6.42 Å². The van der Waals surface area contributed by atoms with Gasteiger partial charge in [0, 0.05) is 0 Å². The maximum atomic E-state index is 12.7. The van der Waals surface area contributed by atoms with Crippen molar-refractivity contribution in [1.29, 1.82) is 0 Å². The number of tetrazole rings is 1. The van der Waals surface area contributed by atoms with Crippen molar-refractivity contribution in [3.8, 4) is 11.4 Å². The van der Waals surface area contributed by atoms with Gasteiger partial charge < -0.3 is 4.74 Å². The fraction of sp³-hybridized carbons (Fsp3) is 0.0476. The van der Waals surface area contributed by atoms with E-state index < -0.39 is 0 Å². The molecular weight excluding hydrogens is 340 g/mol. The van der Waals surface area contributed by atoms with Crippen molar-refractivity contribution in [1.82, 2.24) is 20.2 Å². The van der Waals surface area contributed by atoms with Crippen LogP contribution in [0.1, 0.15) is 21.5 Å². The molecule has 0 radical (unpaired) electrons. The van der Waals surface area contributed by atoms with Gasteiger partial charge in [-0.3, -0.25) is 0 Å². The summed E-state index contributed by atoms with van der Waals surface area (Å²) < 4.78 is 7.08. The first-order chi connectivity index (χ1) is 13.3. The van der Waals surface area contributed by atoms with Gasteiger partial charge >= 0.3 is 5.97 Å². The number of carbonyl (C=O) groups excluding carboxylic acids is 1. The average Bonchev–Trinajstić information content (AvgIpc) is 3.25. The third-order valence-electron chi connectivity index (χ3n) is 4.14. The van der Waals surface area contributed by atoms with E-state index in [0.717, 1.165) is 16.8 Å². The van der Waals surface area contributed by atoms with Crippen LogP contribution in [0.15, 0.2) is 85.2 Å². The lowest BCUT2D eigenvalue weighted by Gasteiger charge is -2.10. The van der Waals surface area contributed by atoms with E-state index in [0.29, 0.717) is 17.7 Å². The molecule has 0 bridgehead atoms. The van der Waals surface area contributed by atoms with E-state index >= 15 is 0 Å². The van der Waals surface area contributed by atoms with E-state index in [1.807, 2.05) is 48.5 Å². The topological polar surface area (TPSA) is 69.9 Å². The summed E-state index contributed by atoms with van der Waals surface area (Å²) in [5.41, 5.74) is 3.41. The molecular formula is C21H16N4O2. The molecule has 6 heteroatoms. The molecule has 0 aliphatic heterocycles. The monoisotopic (exact) mass is 356 g/mol. The maximum absolute atomic E-state index is 12.7. The molecule has 0 aliphatic rings. The number of esters is 1. The Bertz CT molecular complexity index is 1030. The van der Waals surface area contributed by atoms with Gasteiger partial charge in [0.05, 0.1) is 11.3 Å². The number of hydrogen-bond donors (Lipinski definition) is 0. The highest BCUT2D eigenvalue weighted by Crippen LogP contribution is 2.19. The summed E-state index contributed by atoms with van der Waals surface area (Å²) >= 11 is 0. The molecule has 0 unspecified atom stereocenters. The van der Waals surface area contributed by atoms with Crippen LogP contribution < -0.4 is 4.74 Å². The third-order valence-corrected chi connectivity index (χ3v) is 4.14. The van der Waals surface area contributed by atoms with E-state index in [1.54, 1.807) is 30.3 Å². The highest BCUT2D eigenvalue weighted by molar-refractivity contribution is 5.92. The van der Waals surface area contributed by atoms with Crippen LogP contribution >= 0.6 is 0 Å². The Morgan fingerprint density at radius 1 is 0.889 bits per heavy atom. The number of aromatic nitrogens is 4. The minimum atomic E-state index is -0.378. The average molecular weight is 356 g/mol. The molecule has 4 aromatic rings. The first kappa shape index (κ1) is 16.7. The van der Waals surface area contributed by atoms with Gasteiger partial charge in [0.1, 0.15) is 12.1 Å². The first-order valence-corrected chi connectivity index (χ1v) is 8.47. The number of rotatable bonds is 5. The zero-order valence-corrected chi connectivity index (χ0v) is 14.4. The number of nitrogens with zero attached hydrogens (tertiary/aromatic N) is 4. The van der Waals surface area contributed by atoms with E-state index in [4.69, 9.17) is 4.74 Å². The number of ether oxygens (including phenoxy) is 1. The maximum Gasteiger partial charge on any atom is 0.343 e. The van der Waals surface area contributed by atoms with Gasteiger partial charge in [0.2, 0.25) is 0 Å². The van der Waals surface area contributed by atoms with E-state index in [9.17, 15) is 4.79 Å². The van der Waals surface area contributed by atoms with Crippen LogP contribution in [-0.4, -0.2) is 26.2 Å². The normalized spacial score (nSPS) is 10.5. The van der Waals surface area contributed by atoms with Gasteiger partial charge in [0.15, 0.2) is 0 Å². The number of hydrogen-bond acceptors (Lipinski definition) is 5. The molecule has 0 saturated heterocycles. The molecule has 0 amide bonds. The Labute approximate surface area is 156 Å². The zero-order valence-electron chi connectivity index (χ0n) is 14.4. The summed E-state index contributed by atoms with van der Waals surface area (Å²) in [5, 5.41) is 11.0. The lowest BCUT2D eigenvalue weighted by atomic mass is 10.00. The van der Waals surface area contributed by atoms with Crippen molar-refractivity contribution in [2.45, 2.75) is 6.42 Å². The van der Waals surface area contributed by atoms with E-state index in [1.165, 1.54) is 11.0 Å². The number of carbonyl (C=O) groups is 1. The second kappa shape index (κ2) is 7.61. The van der Waals surface area contributed by atoms with Crippen LogP contribution in [0.3, 0.4) is 0 Å². The highest BCUT2D eigenvalue weighted by atomic mass is 16.5. The van der Waals surface area contributed by atoms with Crippen molar-refractivity contribution in [2.24, 2.45) is 0 Å². The van der Waals surface area contributed by atoms with Crippen LogP contribution in [0.2, 0.25) is 0 Å². The highest BCUT2D eigenvalue weighted by Gasteiger charge is 2.14. The summed E-state index contributed by atoms with van der Waals surface area (Å²) in [6.07, 6.45) is 2.17. The predicted octanol–water partition coefficient (Wildman–Crippen LogP) is 3.47. The SMILES string of the molecule is O=C(Oc1ccc(-n2cnnn2)cc1)c1ccccc1Cc1ccccc1. The van der Waals surface area contributed by atoms with Gasteiger partial charge in [-0.05, 0) is 58.3 Å². The fourth-order valence-corrected chi connectivity index (χ4v) is 2.80.